The highest BCUT2D eigenvalue weighted by Gasteiger charge is 2.33. The summed E-state index contributed by atoms with van der Waals surface area (Å²) >= 11 is 0. The van der Waals surface area contributed by atoms with E-state index in [0.29, 0.717) is 18.0 Å². The Morgan fingerprint density at radius 1 is 1.38 bits per heavy atom. The zero-order chi connectivity index (χ0) is 14.8. The van der Waals surface area contributed by atoms with Crippen molar-refractivity contribution < 1.29 is 9.21 Å². The van der Waals surface area contributed by atoms with Gasteiger partial charge in [0.05, 0.1) is 17.9 Å². The van der Waals surface area contributed by atoms with E-state index in [0.717, 1.165) is 18.6 Å². The molecule has 0 radical (unpaired) electrons. The third kappa shape index (κ3) is 2.77. The van der Waals surface area contributed by atoms with Gasteiger partial charge < -0.3 is 14.3 Å². The van der Waals surface area contributed by atoms with Crippen LogP contribution in [0.2, 0.25) is 0 Å². The Bertz CT molecular complexity index is 655. The number of pyridine rings is 1. The lowest BCUT2D eigenvalue weighted by atomic mass is 9.90. The van der Waals surface area contributed by atoms with Crippen molar-refractivity contribution in [2.75, 3.05) is 6.54 Å². The first-order valence-electron chi connectivity index (χ1n) is 7.18. The Balaban J connectivity index is 1.89. The van der Waals surface area contributed by atoms with Crippen molar-refractivity contribution in [2.45, 2.75) is 25.8 Å². The second-order valence-electron chi connectivity index (χ2n) is 5.60. The summed E-state index contributed by atoms with van der Waals surface area (Å²) in [4.78, 5) is 28.2. The average Bonchev–Trinajstić information content (AvgIpc) is 3.01. The van der Waals surface area contributed by atoms with Gasteiger partial charge in [-0.15, -0.1) is 0 Å². The predicted octanol–water partition coefficient (Wildman–Crippen LogP) is 2.58. The molecule has 5 heteroatoms. The largest absolute Gasteiger partial charge is 0.467 e. The summed E-state index contributed by atoms with van der Waals surface area (Å²) in [6, 6.07) is 6.66. The van der Waals surface area contributed by atoms with Crippen LogP contribution in [0.4, 0.5) is 0 Å². The smallest absolute Gasteiger partial charge is 0.255 e. The van der Waals surface area contributed by atoms with Crippen molar-refractivity contribution in [3.05, 3.63) is 58.4 Å². The standard InChI is InChI=1S/C16H18N2O3/c1-11-6-7-18(13(9-11)14-3-2-8-21-14)16(20)12-4-5-15(19)17-10-12/h2-5,8,10-11,13H,6-7,9H2,1H3,(H,17,19). The molecule has 0 aliphatic carbocycles. The monoisotopic (exact) mass is 286 g/mol. The van der Waals surface area contributed by atoms with Gasteiger partial charge in [0.25, 0.3) is 5.91 Å². The number of likely N-dealkylation sites (tertiary alicyclic amines) is 1. The number of nitrogens with one attached hydrogen (secondary N) is 1. The number of furan rings is 1. The molecule has 1 aliphatic rings. The quantitative estimate of drug-likeness (QED) is 0.922. The normalized spacial score (nSPS) is 22.2. The summed E-state index contributed by atoms with van der Waals surface area (Å²) in [5, 5.41) is 0. The lowest BCUT2D eigenvalue weighted by Crippen LogP contribution is -2.40. The molecule has 0 aromatic carbocycles. The summed E-state index contributed by atoms with van der Waals surface area (Å²) in [6.07, 6.45) is 4.98. The van der Waals surface area contributed by atoms with Crippen LogP contribution < -0.4 is 5.56 Å². The molecule has 1 amide bonds. The number of nitrogens with zero attached hydrogens (tertiary/aromatic N) is 1. The minimum atomic E-state index is -0.207. The zero-order valence-corrected chi connectivity index (χ0v) is 11.9. The highest BCUT2D eigenvalue weighted by atomic mass is 16.3. The maximum absolute atomic E-state index is 12.7. The number of hydrogen-bond donors (Lipinski definition) is 1. The van der Waals surface area contributed by atoms with Crippen LogP contribution in [0.15, 0.2) is 45.9 Å². The van der Waals surface area contributed by atoms with Crippen LogP contribution in [-0.2, 0) is 0 Å². The van der Waals surface area contributed by atoms with Crippen LogP contribution in [-0.4, -0.2) is 22.3 Å². The van der Waals surface area contributed by atoms with Crippen molar-refractivity contribution in [2.24, 2.45) is 5.92 Å². The summed E-state index contributed by atoms with van der Waals surface area (Å²) in [5.41, 5.74) is 0.294. The fourth-order valence-electron chi connectivity index (χ4n) is 2.84. The maximum atomic E-state index is 12.7. The van der Waals surface area contributed by atoms with Crippen molar-refractivity contribution in [3.8, 4) is 0 Å². The molecule has 21 heavy (non-hydrogen) atoms. The number of H-pyrrole nitrogens is 1. The molecule has 3 heterocycles. The Hall–Kier alpha value is -2.30. The number of aromatic nitrogens is 1. The number of rotatable bonds is 2. The first kappa shape index (κ1) is 13.7. The summed E-state index contributed by atoms with van der Waals surface area (Å²) in [5.74, 6) is 1.30. The van der Waals surface area contributed by atoms with E-state index < -0.39 is 0 Å². The fourth-order valence-corrected chi connectivity index (χ4v) is 2.84. The average molecular weight is 286 g/mol. The molecule has 1 N–H and O–H groups in total. The predicted molar refractivity (Wildman–Crippen MR) is 77.9 cm³/mol. The molecule has 2 unspecified atom stereocenters. The number of aromatic amines is 1. The lowest BCUT2D eigenvalue weighted by Gasteiger charge is -2.37. The van der Waals surface area contributed by atoms with Crippen molar-refractivity contribution >= 4 is 5.91 Å². The first-order valence-corrected chi connectivity index (χ1v) is 7.18. The molecule has 2 aromatic heterocycles. The van der Waals surface area contributed by atoms with E-state index in [1.165, 1.54) is 12.3 Å². The molecular weight excluding hydrogens is 268 g/mol. The number of carbonyl (C=O) groups excluding carboxylic acids is 1. The molecular formula is C16H18N2O3. The zero-order valence-electron chi connectivity index (χ0n) is 11.9. The second kappa shape index (κ2) is 5.60. The molecule has 0 saturated carbocycles. The summed E-state index contributed by atoms with van der Waals surface area (Å²) in [6.45, 7) is 2.89. The van der Waals surface area contributed by atoms with E-state index in [9.17, 15) is 9.59 Å². The fraction of sp³-hybridized carbons (Fsp3) is 0.375. The first-order chi connectivity index (χ1) is 10.1. The third-order valence-corrected chi connectivity index (χ3v) is 4.03. The number of amides is 1. The molecule has 110 valence electrons. The third-order valence-electron chi connectivity index (χ3n) is 4.03. The molecule has 2 atom stereocenters. The Labute approximate surface area is 122 Å². The van der Waals surface area contributed by atoms with Crippen LogP contribution in [0.25, 0.3) is 0 Å². The van der Waals surface area contributed by atoms with Crippen LogP contribution in [0, 0.1) is 5.92 Å². The van der Waals surface area contributed by atoms with Gasteiger partial charge in [0.1, 0.15) is 5.76 Å². The van der Waals surface area contributed by atoms with E-state index in [1.54, 1.807) is 12.3 Å². The van der Waals surface area contributed by atoms with E-state index in [1.807, 2.05) is 17.0 Å². The molecule has 0 bridgehead atoms. The van der Waals surface area contributed by atoms with Gasteiger partial charge in [-0.25, -0.2) is 0 Å². The van der Waals surface area contributed by atoms with Gasteiger partial charge in [0.2, 0.25) is 5.56 Å². The van der Waals surface area contributed by atoms with Crippen LogP contribution >= 0.6 is 0 Å². The van der Waals surface area contributed by atoms with Gasteiger partial charge in [-0.1, -0.05) is 6.92 Å². The van der Waals surface area contributed by atoms with E-state index in [4.69, 9.17) is 4.42 Å². The molecule has 0 spiro atoms. The summed E-state index contributed by atoms with van der Waals surface area (Å²) in [7, 11) is 0. The van der Waals surface area contributed by atoms with Gasteiger partial charge in [-0.05, 0) is 37.0 Å². The molecule has 5 nitrogen and oxygen atoms in total. The Morgan fingerprint density at radius 3 is 2.90 bits per heavy atom. The van der Waals surface area contributed by atoms with E-state index in [-0.39, 0.29) is 17.5 Å². The van der Waals surface area contributed by atoms with Crippen molar-refractivity contribution in [1.82, 2.24) is 9.88 Å². The molecule has 1 fully saturated rings. The molecule has 3 rings (SSSR count). The minimum absolute atomic E-state index is 0.0387. The maximum Gasteiger partial charge on any atom is 0.255 e. The SMILES string of the molecule is CC1CCN(C(=O)c2ccc(=O)[nH]c2)C(c2ccco2)C1. The van der Waals surface area contributed by atoms with Gasteiger partial charge in [0, 0.05) is 18.8 Å². The van der Waals surface area contributed by atoms with Crippen molar-refractivity contribution in [1.29, 1.82) is 0 Å². The number of piperidine rings is 1. The lowest BCUT2D eigenvalue weighted by molar-refractivity contribution is 0.0520. The Kier molecular flexibility index (Phi) is 3.64. The molecule has 2 aromatic rings. The van der Waals surface area contributed by atoms with Gasteiger partial charge in [-0.2, -0.15) is 0 Å². The number of hydrogen-bond acceptors (Lipinski definition) is 3. The van der Waals surface area contributed by atoms with Crippen LogP contribution in [0.3, 0.4) is 0 Å². The van der Waals surface area contributed by atoms with Gasteiger partial charge >= 0.3 is 0 Å². The molecule has 1 aliphatic heterocycles. The second-order valence-corrected chi connectivity index (χ2v) is 5.60. The summed E-state index contributed by atoms with van der Waals surface area (Å²) < 4.78 is 5.51. The Morgan fingerprint density at radius 2 is 2.24 bits per heavy atom. The van der Waals surface area contributed by atoms with Crippen LogP contribution in [0.1, 0.15) is 41.9 Å². The van der Waals surface area contributed by atoms with Crippen molar-refractivity contribution in [3.63, 3.8) is 0 Å². The van der Waals surface area contributed by atoms with Crippen LogP contribution in [0.5, 0.6) is 0 Å². The topological polar surface area (TPSA) is 66.3 Å². The highest BCUT2D eigenvalue weighted by Crippen LogP contribution is 2.35. The minimum Gasteiger partial charge on any atom is -0.467 e. The van der Waals surface area contributed by atoms with E-state index in [2.05, 4.69) is 11.9 Å². The van der Waals surface area contributed by atoms with E-state index >= 15 is 0 Å². The molecule has 1 saturated heterocycles. The van der Waals surface area contributed by atoms with Gasteiger partial charge in [0.15, 0.2) is 0 Å². The highest BCUT2D eigenvalue weighted by molar-refractivity contribution is 5.94. The number of carbonyl (C=O) groups is 1. The van der Waals surface area contributed by atoms with Gasteiger partial charge in [-0.3, -0.25) is 9.59 Å².